The lowest BCUT2D eigenvalue weighted by Gasteiger charge is -1.96. The van der Waals surface area contributed by atoms with Gasteiger partial charge in [0.1, 0.15) is 16.3 Å². The van der Waals surface area contributed by atoms with Crippen molar-refractivity contribution in [1.82, 2.24) is 10.1 Å². The molecule has 0 radical (unpaired) electrons. The summed E-state index contributed by atoms with van der Waals surface area (Å²) in [6.45, 7) is 1.66. The topological polar surface area (TPSA) is 65.2 Å². The van der Waals surface area contributed by atoms with E-state index in [-0.39, 0.29) is 0 Å². The number of aryl methyl sites for hydroxylation is 1. The van der Waals surface area contributed by atoms with Crippen molar-refractivity contribution in [1.29, 1.82) is 0 Å². The quantitative estimate of drug-likeness (QED) is 0.729. The second-order valence-electron chi connectivity index (χ2n) is 2.79. The molecule has 0 aliphatic carbocycles. The third kappa shape index (κ3) is 1.63. The van der Waals surface area contributed by atoms with Gasteiger partial charge in [0, 0.05) is 11.6 Å². The first-order valence-corrected chi connectivity index (χ1v) is 5.06. The maximum atomic E-state index is 11.5. The van der Waals surface area contributed by atoms with Crippen LogP contribution in [0.1, 0.15) is 16.1 Å². The molecule has 2 aromatic rings. The first-order chi connectivity index (χ1) is 7.24. The van der Waals surface area contributed by atoms with Crippen molar-refractivity contribution in [2.75, 3.05) is 7.11 Å². The van der Waals surface area contributed by atoms with Crippen LogP contribution in [0.5, 0.6) is 0 Å². The minimum atomic E-state index is -0.459. The number of esters is 1. The van der Waals surface area contributed by atoms with Gasteiger partial charge >= 0.3 is 5.97 Å². The fourth-order valence-electron chi connectivity index (χ4n) is 1.20. The Balaban J connectivity index is 2.54. The van der Waals surface area contributed by atoms with Crippen LogP contribution < -0.4 is 0 Å². The molecule has 0 spiro atoms. The highest BCUT2D eigenvalue weighted by Crippen LogP contribution is 2.27. The number of hydrogen-bond donors (Lipinski definition) is 0. The maximum Gasteiger partial charge on any atom is 0.343 e. The van der Waals surface area contributed by atoms with Gasteiger partial charge in [-0.1, -0.05) is 5.16 Å². The molecule has 0 unspecified atom stereocenters. The van der Waals surface area contributed by atoms with Gasteiger partial charge in [0.25, 0.3) is 0 Å². The number of nitrogens with zero attached hydrogens (tertiary/aromatic N) is 2. The van der Waals surface area contributed by atoms with Crippen molar-refractivity contribution in [2.24, 2.45) is 0 Å². The fourth-order valence-corrected chi connectivity index (χ4v) is 1.82. The summed E-state index contributed by atoms with van der Waals surface area (Å²) in [5.74, 6) is -0.0222. The maximum absolute atomic E-state index is 11.5. The first kappa shape index (κ1) is 9.85. The Morgan fingerprint density at radius 1 is 1.60 bits per heavy atom. The Kier molecular flexibility index (Phi) is 2.51. The Morgan fingerprint density at radius 3 is 3.00 bits per heavy atom. The van der Waals surface area contributed by atoms with Gasteiger partial charge in [-0.3, -0.25) is 0 Å². The summed E-state index contributed by atoms with van der Waals surface area (Å²) >= 11 is 1.39. The van der Waals surface area contributed by atoms with E-state index in [9.17, 15) is 4.79 Å². The number of carbonyl (C=O) groups excluding carboxylic acids is 1. The largest absolute Gasteiger partial charge is 0.465 e. The summed E-state index contributed by atoms with van der Waals surface area (Å²) in [5, 5.41) is 6.25. The number of ether oxygens (including phenoxy) is 1. The zero-order valence-electron chi connectivity index (χ0n) is 8.18. The number of carbonyl (C=O) groups is 1. The van der Waals surface area contributed by atoms with Gasteiger partial charge in [0.05, 0.1) is 7.11 Å². The molecule has 0 amide bonds. The van der Waals surface area contributed by atoms with Crippen molar-refractivity contribution >= 4 is 17.3 Å². The van der Waals surface area contributed by atoms with E-state index in [0.717, 1.165) is 0 Å². The number of rotatable bonds is 2. The number of thiazole rings is 1. The van der Waals surface area contributed by atoms with Crippen LogP contribution in [0, 0.1) is 6.92 Å². The minimum Gasteiger partial charge on any atom is -0.465 e. The molecular weight excluding hydrogens is 216 g/mol. The lowest BCUT2D eigenvalue weighted by atomic mass is 10.2. The summed E-state index contributed by atoms with van der Waals surface area (Å²) in [6, 6.07) is 0. The molecule has 2 rings (SSSR count). The number of aromatic nitrogens is 2. The summed E-state index contributed by atoms with van der Waals surface area (Å²) in [4.78, 5) is 15.5. The van der Waals surface area contributed by atoms with Gasteiger partial charge in [0.15, 0.2) is 5.69 Å². The molecule has 6 heteroatoms. The lowest BCUT2D eigenvalue weighted by Crippen LogP contribution is -2.03. The molecule has 78 valence electrons. The van der Waals surface area contributed by atoms with Crippen molar-refractivity contribution in [2.45, 2.75) is 6.92 Å². The van der Waals surface area contributed by atoms with Crippen LogP contribution in [0.3, 0.4) is 0 Å². The Hall–Kier alpha value is -1.69. The van der Waals surface area contributed by atoms with E-state index in [2.05, 4.69) is 14.9 Å². The Labute approximate surface area is 89.7 Å². The molecule has 0 N–H and O–H groups in total. The summed E-state index contributed by atoms with van der Waals surface area (Å²) in [5.41, 5.74) is 0.779. The molecule has 0 atom stereocenters. The van der Waals surface area contributed by atoms with Gasteiger partial charge in [-0.15, -0.1) is 11.3 Å². The molecule has 2 aromatic heterocycles. The van der Waals surface area contributed by atoms with Gasteiger partial charge in [0.2, 0.25) is 0 Å². The van der Waals surface area contributed by atoms with E-state index < -0.39 is 5.97 Å². The lowest BCUT2D eigenvalue weighted by molar-refractivity contribution is 0.0599. The van der Waals surface area contributed by atoms with Gasteiger partial charge in [-0.25, -0.2) is 9.78 Å². The molecule has 0 aliphatic rings. The molecule has 5 nitrogen and oxygen atoms in total. The SMILES string of the molecule is COC(=O)c1c(-c2nccs2)noc1C. The molecule has 0 fully saturated rings. The monoisotopic (exact) mass is 224 g/mol. The molecule has 15 heavy (non-hydrogen) atoms. The van der Waals surface area contributed by atoms with Crippen LogP contribution in [0.2, 0.25) is 0 Å². The highest BCUT2D eigenvalue weighted by Gasteiger charge is 2.23. The summed E-state index contributed by atoms with van der Waals surface area (Å²) in [6.07, 6.45) is 1.64. The van der Waals surface area contributed by atoms with Gasteiger partial charge in [-0.05, 0) is 6.92 Å². The van der Waals surface area contributed by atoms with Crippen LogP contribution in [0.4, 0.5) is 0 Å². The van der Waals surface area contributed by atoms with Crippen molar-refractivity contribution < 1.29 is 14.1 Å². The zero-order chi connectivity index (χ0) is 10.8. The average molecular weight is 224 g/mol. The van der Waals surface area contributed by atoms with Crippen molar-refractivity contribution in [3.63, 3.8) is 0 Å². The van der Waals surface area contributed by atoms with Crippen LogP contribution in [-0.4, -0.2) is 23.2 Å². The van der Waals surface area contributed by atoms with Crippen LogP contribution in [0.25, 0.3) is 10.7 Å². The minimum absolute atomic E-state index is 0.340. The predicted octanol–water partition coefficient (Wildman–Crippen LogP) is 1.89. The summed E-state index contributed by atoms with van der Waals surface area (Å²) in [7, 11) is 1.32. The van der Waals surface area contributed by atoms with E-state index in [0.29, 0.717) is 22.0 Å². The standard InChI is InChI=1S/C9H8N2O3S/c1-5-6(9(12)13-2)7(11-14-5)8-10-3-4-15-8/h3-4H,1-2H3. The molecule has 2 heterocycles. The number of hydrogen-bond acceptors (Lipinski definition) is 6. The van der Waals surface area contributed by atoms with Crippen LogP contribution in [-0.2, 0) is 4.74 Å². The average Bonchev–Trinajstić information content (AvgIpc) is 2.85. The second-order valence-corrected chi connectivity index (χ2v) is 3.69. The van der Waals surface area contributed by atoms with E-state index in [1.54, 1.807) is 18.5 Å². The van der Waals surface area contributed by atoms with E-state index in [4.69, 9.17) is 4.52 Å². The first-order valence-electron chi connectivity index (χ1n) is 4.18. The smallest absolute Gasteiger partial charge is 0.343 e. The fraction of sp³-hybridized carbons (Fsp3) is 0.222. The van der Waals surface area contributed by atoms with E-state index in [1.807, 2.05) is 0 Å². The normalized spacial score (nSPS) is 10.3. The van der Waals surface area contributed by atoms with Gasteiger partial charge in [-0.2, -0.15) is 0 Å². The molecular formula is C9H8N2O3S. The highest BCUT2D eigenvalue weighted by atomic mass is 32.1. The van der Waals surface area contributed by atoms with E-state index in [1.165, 1.54) is 18.4 Å². The Morgan fingerprint density at radius 2 is 2.40 bits per heavy atom. The molecule has 0 aromatic carbocycles. The molecule has 0 aliphatic heterocycles. The third-order valence-electron chi connectivity index (χ3n) is 1.89. The zero-order valence-corrected chi connectivity index (χ0v) is 9.00. The van der Waals surface area contributed by atoms with Crippen molar-refractivity contribution in [3.05, 3.63) is 22.9 Å². The third-order valence-corrected chi connectivity index (χ3v) is 2.67. The van der Waals surface area contributed by atoms with Crippen molar-refractivity contribution in [3.8, 4) is 10.7 Å². The predicted molar refractivity (Wildman–Crippen MR) is 53.7 cm³/mol. The van der Waals surface area contributed by atoms with Crippen LogP contribution in [0.15, 0.2) is 16.1 Å². The van der Waals surface area contributed by atoms with E-state index >= 15 is 0 Å². The second kappa shape index (κ2) is 3.82. The van der Waals surface area contributed by atoms with Gasteiger partial charge < -0.3 is 9.26 Å². The summed E-state index contributed by atoms with van der Waals surface area (Å²) < 4.78 is 9.61. The molecule has 0 saturated heterocycles. The highest BCUT2D eigenvalue weighted by molar-refractivity contribution is 7.13. The number of methoxy groups -OCH3 is 1. The van der Waals surface area contributed by atoms with Crippen LogP contribution >= 0.6 is 11.3 Å². The molecule has 0 saturated carbocycles. The Bertz CT molecular complexity index is 476. The molecule has 0 bridgehead atoms.